The van der Waals surface area contributed by atoms with Crippen molar-refractivity contribution in [2.24, 2.45) is 11.8 Å². The van der Waals surface area contributed by atoms with Crippen LogP contribution in [-0.4, -0.2) is 11.2 Å². The third-order valence-corrected chi connectivity index (χ3v) is 2.78. The number of aliphatic hydroxyl groups is 1. The summed E-state index contributed by atoms with van der Waals surface area (Å²) in [5.41, 5.74) is 0. The monoisotopic (exact) mass is 240 g/mol. The molecule has 0 radical (unpaired) electrons. The molecular formula is C16H32O. The number of allylic oxidation sites excluding steroid dienone is 3. The molecule has 0 amide bonds. The molecule has 17 heavy (non-hydrogen) atoms. The summed E-state index contributed by atoms with van der Waals surface area (Å²) in [6, 6.07) is 0. The van der Waals surface area contributed by atoms with Gasteiger partial charge < -0.3 is 5.11 Å². The van der Waals surface area contributed by atoms with E-state index in [-0.39, 0.29) is 6.10 Å². The number of hydrogen-bond donors (Lipinski definition) is 1. The summed E-state index contributed by atoms with van der Waals surface area (Å²) in [4.78, 5) is 0. The molecule has 2 aliphatic carbocycles. The molecule has 2 aliphatic rings. The first-order chi connectivity index (χ1) is 8.38. The van der Waals surface area contributed by atoms with Gasteiger partial charge in [0.15, 0.2) is 0 Å². The van der Waals surface area contributed by atoms with E-state index in [1.807, 2.05) is 41.5 Å². The average molecular weight is 240 g/mol. The minimum absolute atomic E-state index is 0.0880. The Bertz CT molecular complexity index is 194. The molecule has 3 atom stereocenters. The summed E-state index contributed by atoms with van der Waals surface area (Å²) >= 11 is 0. The second kappa shape index (κ2) is 13.5. The van der Waals surface area contributed by atoms with Crippen LogP contribution < -0.4 is 0 Å². The molecule has 0 spiro atoms. The third-order valence-electron chi connectivity index (χ3n) is 2.78. The standard InChI is InChI=1S/C10H14O.3C2H6/c11-10-7-3-5-8-4-1-2-6-9(8)10;3*1-2/h1-2,4,6,8-11H,3,5,7H2;3*1-2H3. The van der Waals surface area contributed by atoms with E-state index in [1.165, 1.54) is 12.8 Å². The van der Waals surface area contributed by atoms with Crippen molar-refractivity contribution in [2.75, 3.05) is 0 Å². The van der Waals surface area contributed by atoms with E-state index in [9.17, 15) is 5.11 Å². The lowest BCUT2D eigenvalue weighted by molar-refractivity contribution is 0.0708. The van der Waals surface area contributed by atoms with Gasteiger partial charge in [-0.2, -0.15) is 0 Å². The van der Waals surface area contributed by atoms with Gasteiger partial charge in [0.2, 0.25) is 0 Å². The molecule has 1 nitrogen and oxygen atoms in total. The Hall–Kier alpha value is -0.560. The molecule has 2 rings (SSSR count). The summed E-state index contributed by atoms with van der Waals surface area (Å²) in [5.74, 6) is 1.03. The smallest absolute Gasteiger partial charge is 0.0608 e. The topological polar surface area (TPSA) is 20.2 Å². The lowest BCUT2D eigenvalue weighted by atomic mass is 9.75. The summed E-state index contributed by atoms with van der Waals surface area (Å²) in [6.07, 6.45) is 11.9. The Morgan fingerprint density at radius 2 is 1.35 bits per heavy atom. The Morgan fingerprint density at radius 1 is 0.824 bits per heavy atom. The first-order valence-electron chi connectivity index (χ1n) is 7.41. The predicted octanol–water partition coefficient (Wildman–Crippen LogP) is 4.97. The van der Waals surface area contributed by atoms with Crippen LogP contribution in [0.2, 0.25) is 0 Å². The van der Waals surface area contributed by atoms with E-state index in [0.29, 0.717) is 11.8 Å². The fourth-order valence-electron chi connectivity index (χ4n) is 2.13. The highest BCUT2D eigenvalue weighted by molar-refractivity contribution is 5.16. The maximum Gasteiger partial charge on any atom is 0.0608 e. The second-order valence-electron chi connectivity index (χ2n) is 3.51. The van der Waals surface area contributed by atoms with Crippen LogP contribution in [0, 0.1) is 11.8 Å². The summed E-state index contributed by atoms with van der Waals surface area (Å²) in [5, 5.41) is 9.62. The molecule has 0 bridgehead atoms. The van der Waals surface area contributed by atoms with Crippen molar-refractivity contribution in [3.63, 3.8) is 0 Å². The van der Waals surface area contributed by atoms with Crippen LogP contribution in [0.4, 0.5) is 0 Å². The highest BCUT2D eigenvalue weighted by Gasteiger charge is 2.29. The minimum Gasteiger partial charge on any atom is -0.392 e. The zero-order valence-electron chi connectivity index (χ0n) is 12.6. The van der Waals surface area contributed by atoms with Crippen molar-refractivity contribution in [3.8, 4) is 0 Å². The van der Waals surface area contributed by atoms with Crippen molar-refractivity contribution in [1.29, 1.82) is 0 Å². The van der Waals surface area contributed by atoms with Gasteiger partial charge in [-0.25, -0.2) is 0 Å². The predicted molar refractivity (Wildman–Crippen MR) is 79.2 cm³/mol. The van der Waals surface area contributed by atoms with Gasteiger partial charge in [-0.05, 0) is 18.8 Å². The van der Waals surface area contributed by atoms with Gasteiger partial charge in [-0.15, -0.1) is 0 Å². The van der Waals surface area contributed by atoms with Crippen LogP contribution in [-0.2, 0) is 0 Å². The molecular weight excluding hydrogens is 208 g/mol. The Labute approximate surface area is 109 Å². The fraction of sp³-hybridized carbons (Fsp3) is 0.750. The number of aliphatic hydroxyl groups excluding tert-OH is 1. The molecule has 102 valence electrons. The maximum absolute atomic E-state index is 9.62. The lowest BCUT2D eigenvalue weighted by Gasteiger charge is -2.33. The molecule has 0 aromatic heterocycles. The maximum atomic E-state index is 9.62. The van der Waals surface area contributed by atoms with Crippen LogP contribution >= 0.6 is 0 Å². The van der Waals surface area contributed by atoms with Gasteiger partial charge in [0.1, 0.15) is 0 Å². The van der Waals surface area contributed by atoms with Gasteiger partial charge in [0, 0.05) is 5.92 Å². The molecule has 1 saturated carbocycles. The molecule has 0 aromatic rings. The van der Waals surface area contributed by atoms with Gasteiger partial charge in [0.05, 0.1) is 6.10 Å². The van der Waals surface area contributed by atoms with Crippen LogP contribution in [0.15, 0.2) is 24.3 Å². The molecule has 1 fully saturated rings. The molecule has 1 heteroatoms. The average Bonchev–Trinajstić information content (AvgIpc) is 2.46. The van der Waals surface area contributed by atoms with Crippen LogP contribution in [0.5, 0.6) is 0 Å². The molecule has 0 saturated heterocycles. The fourth-order valence-corrected chi connectivity index (χ4v) is 2.13. The zero-order valence-corrected chi connectivity index (χ0v) is 12.6. The Morgan fingerprint density at radius 3 is 1.88 bits per heavy atom. The number of hydrogen-bond acceptors (Lipinski definition) is 1. The first-order valence-corrected chi connectivity index (χ1v) is 7.41. The van der Waals surface area contributed by atoms with Crippen LogP contribution in [0.3, 0.4) is 0 Å². The first kappa shape index (κ1) is 18.8. The molecule has 3 unspecified atom stereocenters. The Kier molecular flexibility index (Phi) is 14.9. The second-order valence-corrected chi connectivity index (χ2v) is 3.51. The number of fused-ring (bicyclic) bond motifs is 1. The zero-order chi connectivity index (χ0) is 13.7. The quantitative estimate of drug-likeness (QED) is 0.634. The summed E-state index contributed by atoms with van der Waals surface area (Å²) < 4.78 is 0. The van der Waals surface area contributed by atoms with E-state index >= 15 is 0 Å². The van der Waals surface area contributed by atoms with Gasteiger partial charge in [0.25, 0.3) is 0 Å². The normalized spacial score (nSPS) is 28.3. The summed E-state index contributed by atoms with van der Waals surface area (Å²) in [7, 11) is 0. The molecule has 1 N–H and O–H groups in total. The van der Waals surface area contributed by atoms with E-state index in [0.717, 1.165) is 6.42 Å². The number of rotatable bonds is 0. The van der Waals surface area contributed by atoms with Gasteiger partial charge in [-0.1, -0.05) is 72.3 Å². The van der Waals surface area contributed by atoms with Crippen molar-refractivity contribution >= 4 is 0 Å². The highest BCUT2D eigenvalue weighted by Crippen LogP contribution is 2.33. The SMILES string of the molecule is CC.CC.CC.OC1CCCC2C=CC=CC12. The van der Waals surface area contributed by atoms with E-state index in [2.05, 4.69) is 24.3 Å². The van der Waals surface area contributed by atoms with Crippen LogP contribution in [0.1, 0.15) is 60.8 Å². The molecule has 0 heterocycles. The van der Waals surface area contributed by atoms with Gasteiger partial charge >= 0.3 is 0 Å². The largest absolute Gasteiger partial charge is 0.392 e. The minimum atomic E-state index is -0.0880. The van der Waals surface area contributed by atoms with Crippen molar-refractivity contribution in [3.05, 3.63) is 24.3 Å². The summed E-state index contributed by atoms with van der Waals surface area (Å²) in [6.45, 7) is 12.0. The van der Waals surface area contributed by atoms with E-state index < -0.39 is 0 Å². The lowest BCUT2D eigenvalue weighted by Crippen LogP contribution is -2.30. The van der Waals surface area contributed by atoms with Crippen molar-refractivity contribution in [1.82, 2.24) is 0 Å². The van der Waals surface area contributed by atoms with E-state index in [1.54, 1.807) is 0 Å². The van der Waals surface area contributed by atoms with E-state index in [4.69, 9.17) is 0 Å². The Balaban J connectivity index is 0. The molecule has 0 aromatic carbocycles. The third kappa shape index (κ3) is 6.68. The molecule has 0 aliphatic heterocycles. The van der Waals surface area contributed by atoms with Crippen molar-refractivity contribution in [2.45, 2.75) is 66.9 Å². The highest BCUT2D eigenvalue weighted by atomic mass is 16.3. The van der Waals surface area contributed by atoms with Gasteiger partial charge in [-0.3, -0.25) is 0 Å². The van der Waals surface area contributed by atoms with Crippen molar-refractivity contribution < 1.29 is 5.11 Å². The van der Waals surface area contributed by atoms with Crippen LogP contribution in [0.25, 0.3) is 0 Å².